The van der Waals surface area contributed by atoms with Gasteiger partial charge in [0, 0.05) is 6.54 Å². The van der Waals surface area contributed by atoms with Gasteiger partial charge < -0.3 is 19.8 Å². The van der Waals surface area contributed by atoms with Crippen molar-refractivity contribution in [1.29, 1.82) is 0 Å². The molecule has 0 radical (unpaired) electrons. The van der Waals surface area contributed by atoms with Gasteiger partial charge in [-0.15, -0.1) is 0 Å². The Morgan fingerprint density at radius 2 is 2.11 bits per heavy atom. The zero-order chi connectivity index (χ0) is 14.3. The van der Waals surface area contributed by atoms with Gasteiger partial charge in [0.1, 0.15) is 5.76 Å². The number of rotatable bonds is 7. The quantitative estimate of drug-likeness (QED) is 0.719. The Balaban J connectivity index is 2.27. The molecule has 0 fully saturated rings. The fraction of sp³-hybridized carbons (Fsp3) is 0.538. The lowest BCUT2D eigenvalue weighted by Gasteiger charge is -2.07. The molecule has 0 atom stereocenters. The molecule has 1 aromatic rings. The number of esters is 1. The van der Waals surface area contributed by atoms with Crippen LogP contribution in [0.3, 0.4) is 0 Å². The lowest BCUT2D eigenvalue weighted by atomic mass is 10.2. The monoisotopic (exact) mass is 268 g/mol. The summed E-state index contributed by atoms with van der Waals surface area (Å²) in [7, 11) is 1.29. The van der Waals surface area contributed by atoms with Crippen LogP contribution in [0.15, 0.2) is 16.5 Å². The Hall–Kier alpha value is -1.82. The van der Waals surface area contributed by atoms with Crippen LogP contribution in [-0.4, -0.2) is 32.1 Å². The molecule has 0 aliphatic heterocycles. The molecule has 106 valence electrons. The molecular formula is C13H20N2O4. The van der Waals surface area contributed by atoms with E-state index in [0.29, 0.717) is 24.8 Å². The number of carbonyl (C=O) groups excluding carboxylic acids is 2. The summed E-state index contributed by atoms with van der Waals surface area (Å²) in [6.07, 6.45) is 0. The molecule has 0 aromatic carbocycles. The highest BCUT2D eigenvalue weighted by atomic mass is 16.5. The van der Waals surface area contributed by atoms with Crippen molar-refractivity contribution in [3.8, 4) is 0 Å². The lowest BCUT2D eigenvalue weighted by molar-refractivity contribution is -0.120. The fourth-order valence-corrected chi connectivity index (χ4v) is 1.36. The summed E-state index contributed by atoms with van der Waals surface area (Å²) in [5, 5.41) is 5.73. The predicted octanol–water partition coefficient (Wildman–Crippen LogP) is 0.928. The van der Waals surface area contributed by atoms with Crippen molar-refractivity contribution in [2.75, 3.05) is 20.2 Å². The second-order valence-corrected chi connectivity index (χ2v) is 4.56. The minimum Gasteiger partial charge on any atom is -0.463 e. The zero-order valence-electron chi connectivity index (χ0n) is 11.5. The van der Waals surface area contributed by atoms with Crippen LogP contribution in [0.25, 0.3) is 0 Å². The Labute approximate surface area is 112 Å². The number of hydrogen-bond acceptors (Lipinski definition) is 5. The third-order valence-electron chi connectivity index (χ3n) is 2.34. The van der Waals surface area contributed by atoms with E-state index in [4.69, 9.17) is 4.42 Å². The zero-order valence-corrected chi connectivity index (χ0v) is 11.5. The molecule has 1 aromatic heterocycles. The SMILES string of the molecule is COC(=O)c1ccc(CNCC(=O)NCC(C)C)o1. The van der Waals surface area contributed by atoms with E-state index in [1.165, 1.54) is 7.11 Å². The predicted molar refractivity (Wildman–Crippen MR) is 69.6 cm³/mol. The summed E-state index contributed by atoms with van der Waals surface area (Å²) in [5.41, 5.74) is 0. The lowest BCUT2D eigenvalue weighted by Crippen LogP contribution is -2.35. The van der Waals surface area contributed by atoms with Crippen LogP contribution in [0, 0.1) is 5.92 Å². The Kier molecular flexibility index (Phi) is 6.08. The van der Waals surface area contributed by atoms with Crippen LogP contribution in [0.4, 0.5) is 0 Å². The fourth-order valence-electron chi connectivity index (χ4n) is 1.36. The summed E-state index contributed by atoms with van der Waals surface area (Å²) >= 11 is 0. The van der Waals surface area contributed by atoms with E-state index in [9.17, 15) is 9.59 Å². The van der Waals surface area contributed by atoms with Crippen LogP contribution >= 0.6 is 0 Å². The molecule has 0 aliphatic rings. The number of hydrogen-bond donors (Lipinski definition) is 2. The van der Waals surface area contributed by atoms with Gasteiger partial charge >= 0.3 is 5.97 Å². The Bertz CT molecular complexity index is 426. The molecule has 1 amide bonds. The van der Waals surface area contributed by atoms with E-state index >= 15 is 0 Å². The minimum atomic E-state index is -0.513. The van der Waals surface area contributed by atoms with Crippen molar-refractivity contribution in [2.45, 2.75) is 20.4 Å². The number of nitrogens with one attached hydrogen (secondary N) is 2. The topological polar surface area (TPSA) is 80.6 Å². The Morgan fingerprint density at radius 1 is 1.37 bits per heavy atom. The molecule has 0 aliphatic carbocycles. The average Bonchev–Trinajstić information content (AvgIpc) is 2.84. The van der Waals surface area contributed by atoms with Crippen LogP contribution < -0.4 is 10.6 Å². The van der Waals surface area contributed by atoms with Gasteiger partial charge in [-0.25, -0.2) is 4.79 Å². The molecule has 0 saturated heterocycles. The van der Waals surface area contributed by atoms with Crippen molar-refractivity contribution in [2.24, 2.45) is 5.92 Å². The van der Waals surface area contributed by atoms with Crippen LogP contribution in [0.5, 0.6) is 0 Å². The number of methoxy groups -OCH3 is 1. The summed E-state index contributed by atoms with van der Waals surface area (Å²) in [4.78, 5) is 22.6. The molecule has 1 rings (SSSR count). The third kappa shape index (κ3) is 5.56. The number of ether oxygens (including phenoxy) is 1. The second kappa shape index (κ2) is 7.58. The molecule has 1 heterocycles. The molecular weight excluding hydrogens is 248 g/mol. The van der Waals surface area contributed by atoms with Gasteiger partial charge in [0.15, 0.2) is 0 Å². The highest BCUT2D eigenvalue weighted by molar-refractivity contribution is 5.86. The first-order chi connectivity index (χ1) is 9.02. The van der Waals surface area contributed by atoms with Gasteiger partial charge in [-0.1, -0.05) is 13.8 Å². The summed E-state index contributed by atoms with van der Waals surface area (Å²) < 4.78 is 9.78. The van der Waals surface area contributed by atoms with Crippen molar-refractivity contribution in [1.82, 2.24) is 10.6 Å². The van der Waals surface area contributed by atoms with Crippen LogP contribution in [0.2, 0.25) is 0 Å². The van der Waals surface area contributed by atoms with Crippen LogP contribution in [0.1, 0.15) is 30.2 Å². The number of carbonyl (C=O) groups is 2. The minimum absolute atomic E-state index is 0.0616. The largest absolute Gasteiger partial charge is 0.463 e. The van der Waals surface area contributed by atoms with E-state index in [1.54, 1.807) is 12.1 Å². The number of amides is 1. The van der Waals surface area contributed by atoms with Crippen LogP contribution in [-0.2, 0) is 16.1 Å². The summed E-state index contributed by atoms with van der Waals surface area (Å²) in [5.74, 6) is 0.589. The first-order valence-corrected chi connectivity index (χ1v) is 6.17. The van der Waals surface area contributed by atoms with Gasteiger partial charge in [0.25, 0.3) is 0 Å². The van der Waals surface area contributed by atoms with Crippen molar-refractivity contribution < 1.29 is 18.7 Å². The molecule has 6 heteroatoms. The smallest absolute Gasteiger partial charge is 0.373 e. The molecule has 2 N–H and O–H groups in total. The normalized spacial score (nSPS) is 10.5. The first-order valence-electron chi connectivity index (χ1n) is 6.17. The van der Waals surface area contributed by atoms with E-state index in [2.05, 4.69) is 15.4 Å². The van der Waals surface area contributed by atoms with Crippen molar-refractivity contribution >= 4 is 11.9 Å². The Morgan fingerprint density at radius 3 is 2.74 bits per heavy atom. The third-order valence-corrected chi connectivity index (χ3v) is 2.34. The second-order valence-electron chi connectivity index (χ2n) is 4.56. The van der Waals surface area contributed by atoms with E-state index < -0.39 is 5.97 Å². The van der Waals surface area contributed by atoms with Gasteiger partial charge in [-0.2, -0.15) is 0 Å². The molecule has 19 heavy (non-hydrogen) atoms. The first kappa shape index (κ1) is 15.2. The molecule has 0 unspecified atom stereocenters. The van der Waals surface area contributed by atoms with Gasteiger partial charge in [0.2, 0.25) is 11.7 Å². The van der Waals surface area contributed by atoms with E-state index in [-0.39, 0.29) is 18.2 Å². The summed E-state index contributed by atoms with van der Waals surface area (Å²) in [6.45, 7) is 5.32. The maximum atomic E-state index is 11.4. The van der Waals surface area contributed by atoms with Crippen molar-refractivity contribution in [3.63, 3.8) is 0 Å². The van der Waals surface area contributed by atoms with Crippen molar-refractivity contribution in [3.05, 3.63) is 23.7 Å². The highest BCUT2D eigenvalue weighted by Crippen LogP contribution is 2.08. The molecule has 6 nitrogen and oxygen atoms in total. The van der Waals surface area contributed by atoms with Gasteiger partial charge in [-0.05, 0) is 18.1 Å². The van der Waals surface area contributed by atoms with Gasteiger partial charge in [0.05, 0.1) is 20.2 Å². The summed E-state index contributed by atoms with van der Waals surface area (Å²) in [6, 6.07) is 3.22. The van der Waals surface area contributed by atoms with E-state index in [0.717, 1.165) is 0 Å². The number of furan rings is 1. The molecule has 0 bridgehead atoms. The van der Waals surface area contributed by atoms with Gasteiger partial charge in [-0.3, -0.25) is 4.79 Å². The molecule has 0 saturated carbocycles. The average molecular weight is 268 g/mol. The maximum Gasteiger partial charge on any atom is 0.373 e. The molecule has 0 spiro atoms. The highest BCUT2D eigenvalue weighted by Gasteiger charge is 2.11. The van der Waals surface area contributed by atoms with E-state index in [1.807, 2.05) is 13.8 Å². The standard InChI is InChI=1S/C13H20N2O4/c1-9(2)6-15-12(16)8-14-7-10-4-5-11(19-10)13(17)18-3/h4-5,9,14H,6-8H2,1-3H3,(H,15,16). The maximum absolute atomic E-state index is 11.4.